The standard InChI is InChI=1S/C23H20ClN3O3S/c1-15(28)25-18-8-10-19(11-9-18)31-14-23(29)27-21(22-3-2-12-30-22)13-20(26-27)16-4-6-17(24)7-5-16/h2-12,21H,13-14H2,1H3,(H,25,28)/t21-/m0/s1. The fourth-order valence-corrected chi connectivity index (χ4v) is 4.19. The third-order valence-electron chi connectivity index (χ3n) is 4.75. The van der Waals surface area contributed by atoms with Crippen LogP contribution in [0, 0.1) is 0 Å². The van der Waals surface area contributed by atoms with Crippen molar-refractivity contribution in [2.75, 3.05) is 11.1 Å². The van der Waals surface area contributed by atoms with Gasteiger partial charge in [-0.25, -0.2) is 5.01 Å². The number of thioether (sulfide) groups is 1. The van der Waals surface area contributed by atoms with Crippen molar-refractivity contribution in [3.05, 3.63) is 83.3 Å². The summed E-state index contributed by atoms with van der Waals surface area (Å²) < 4.78 is 5.58. The number of anilines is 1. The molecule has 0 saturated carbocycles. The minimum Gasteiger partial charge on any atom is -0.467 e. The fourth-order valence-electron chi connectivity index (χ4n) is 3.31. The molecule has 4 rings (SSSR count). The van der Waals surface area contributed by atoms with Crippen molar-refractivity contribution < 1.29 is 14.0 Å². The summed E-state index contributed by atoms with van der Waals surface area (Å²) in [6.45, 7) is 1.46. The number of hydrogen-bond donors (Lipinski definition) is 1. The van der Waals surface area contributed by atoms with Gasteiger partial charge < -0.3 is 9.73 Å². The molecule has 1 N–H and O–H groups in total. The topological polar surface area (TPSA) is 74.9 Å². The van der Waals surface area contributed by atoms with E-state index in [4.69, 9.17) is 16.0 Å². The summed E-state index contributed by atoms with van der Waals surface area (Å²) in [7, 11) is 0. The summed E-state index contributed by atoms with van der Waals surface area (Å²) in [6.07, 6.45) is 2.17. The molecule has 0 spiro atoms. The molecule has 6 nitrogen and oxygen atoms in total. The summed E-state index contributed by atoms with van der Waals surface area (Å²) >= 11 is 7.42. The molecule has 0 saturated heterocycles. The van der Waals surface area contributed by atoms with E-state index in [0.717, 1.165) is 21.9 Å². The van der Waals surface area contributed by atoms with E-state index in [2.05, 4.69) is 10.4 Å². The molecule has 0 aliphatic carbocycles. The molecule has 3 aromatic rings. The van der Waals surface area contributed by atoms with Crippen LogP contribution in [0.25, 0.3) is 0 Å². The Labute approximate surface area is 189 Å². The molecule has 158 valence electrons. The Morgan fingerprint density at radius 3 is 2.55 bits per heavy atom. The molecule has 2 amide bonds. The number of carbonyl (C=O) groups is 2. The highest BCUT2D eigenvalue weighted by molar-refractivity contribution is 8.00. The minimum absolute atomic E-state index is 0.110. The second kappa shape index (κ2) is 9.41. The summed E-state index contributed by atoms with van der Waals surface area (Å²) in [6, 6.07) is 18.2. The number of rotatable bonds is 6. The summed E-state index contributed by atoms with van der Waals surface area (Å²) in [5.74, 6) is 0.698. The number of halogens is 1. The van der Waals surface area contributed by atoms with Gasteiger partial charge in [0.1, 0.15) is 11.8 Å². The Morgan fingerprint density at radius 2 is 1.90 bits per heavy atom. The van der Waals surface area contributed by atoms with Crippen molar-refractivity contribution in [2.24, 2.45) is 5.10 Å². The van der Waals surface area contributed by atoms with Crippen LogP contribution in [0.15, 0.2) is 81.3 Å². The van der Waals surface area contributed by atoms with Crippen molar-refractivity contribution in [3.8, 4) is 0 Å². The minimum atomic E-state index is -0.282. The predicted octanol–water partition coefficient (Wildman–Crippen LogP) is 5.36. The van der Waals surface area contributed by atoms with Crippen LogP contribution in [0.3, 0.4) is 0 Å². The van der Waals surface area contributed by atoms with Crippen LogP contribution in [0.5, 0.6) is 0 Å². The van der Waals surface area contributed by atoms with Crippen molar-refractivity contribution in [2.45, 2.75) is 24.3 Å². The SMILES string of the molecule is CC(=O)Nc1ccc(SCC(=O)N2N=C(c3ccc(Cl)cc3)C[C@H]2c2ccco2)cc1. The van der Waals surface area contributed by atoms with E-state index in [1.807, 2.05) is 60.7 Å². The molecule has 1 atom stereocenters. The maximum absolute atomic E-state index is 13.0. The van der Waals surface area contributed by atoms with Crippen molar-refractivity contribution in [3.63, 3.8) is 0 Å². The van der Waals surface area contributed by atoms with Gasteiger partial charge in [0.25, 0.3) is 5.91 Å². The molecular weight excluding hydrogens is 434 g/mol. The quantitative estimate of drug-likeness (QED) is 0.510. The van der Waals surface area contributed by atoms with Gasteiger partial charge in [0, 0.05) is 29.0 Å². The van der Waals surface area contributed by atoms with E-state index in [9.17, 15) is 9.59 Å². The van der Waals surface area contributed by atoms with Crippen LogP contribution in [-0.2, 0) is 9.59 Å². The second-order valence-corrected chi connectivity index (χ2v) is 8.51. The maximum atomic E-state index is 13.0. The normalized spacial score (nSPS) is 15.6. The second-order valence-electron chi connectivity index (χ2n) is 7.02. The van der Waals surface area contributed by atoms with Gasteiger partial charge in [-0.05, 0) is 54.1 Å². The number of furan rings is 1. The van der Waals surface area contributed by atoms with Gasteiger partial charge in [-0.3, -0.25) is 9.59 Å². The molecule has 0 radical (unpaired) electrons. The molecule has 0 unspecified atom stereocenters. The molecule has 0 bridgehead atoms. The molecule has 2 aromatic carbocycles. The molecule has 1 aliphatic heterocycles. The molecular formula is C23H20ClN3O3S. The van der Waals surface area contributed by atoms with Gasteiger partial charge in [-0.1, -0.05) is 23.7 Å². The Morgan fingerprint density at radius 1 is 1.16 bits per heavy atom. The van der Waals surface area contributed by atoms with Gasteiger partial charge in [-0.2, -0.15) is 5.10 Å². The van der Waals surface area contributed by atoms with Gasteiger partial charge in [0.2, 0.25) is 5.91 Å². The first-order valence-corrected chi connectivity index (χ1v) is 11.1. The monoisotopic (exact) mass is 453 g/mol. The summed E-state index contributed by atoms with van der Waals surface area (Å²) in [5, 5.41) is 9.51. The number of amides is 2. The van der Waals surface area contributed by atoms with Crippen molar-refractivity contribution >= 4 is 46.6 Å². The summed E-state index contributed by atoms with van der Waals surface area (Å²) in [5.41, 5.74) is 2.46. The van der Waals surface area contributed by atoms with Crippen LogP contribution in [0.4, 0.5) is 5.69 Å². The molecule has 1 aliphatic rings. The summed E-state index contributed by atoms with van der Waals surface area (Å²) in [4.78, 5) is 25.1. The Kier molecular flexibility index (Phi) is 6.44. The van der Waals surface area contributed by atoms with E-state index < -0.39 is 0 Å². The van der Waals surface area contributed by atoms with Crippen LogP contribution in [0.1, 0.15) is 30.7 Å². The lowest BCUT2D eigenvalue weighted by Gasteiger charge is -2.19. The predicted molar refractivity (Wildman–Crippen MR) is 122 cm³/mol. The molecule has 31 heavy (non-hydrogen) atoms. The zero-order valence-corrected chi connectivity index (χ0v) is 18.3. The van der Waals surface area contributed by atoms with E-state index in [-0.39, 0.29) is 23.6 Å². The first-order chi connectivity index (χ1) is 15.0. The Hall–Kier alpha value is -3.03. The molecule has 2 heterocycles. The fraction of sp³-hybridized carbons (Fsp3) is 0.174. The Balaban J connectivity index is 1.48. The van der Waals surface area contributed by atoms with Gasteiger partial charge in [0.05, 0.1) is 17.7 Å². The molecule has 8 heteroatoms. The number of hydrazone groups is 1. The van der Waals surface area contributed by atoms with Gasteiger partial charge >= 0.3 is 0 Å². The van der Waals surface area contributed by atoms with Crippen LogP contribution < -0.4 is 5.32 Å². The zero-order valence-electron chi connectivity index (χ0n) is 16.7. The van der Waals surface area contributed by atoms with E-state index >= 15 is 0 Å². The van der Waals surface area contributed by atoms with Crippen molar-refractivity contribution in [1.29, 1.82) is 0 Å². The average molecular weight is 454 g/mol. The lowest BCUT2D eigenvalue weighted by Crippen LogP contribution is -2.28. The number of benzene rings is 2. The number of nitrogens with one attached hydrogen (secondary N) is 1. The third kappa shape index (κ3) is 5.18. The highest BCUT2D eigenvalue weighted by atomic mass is 35.5. The zero-order chi connectivity index (χ0) is 21.8. The van der Waals surface area contributed by atoms with Crippen molar-refractivity contribution in [1.82, 2.24) is 5.01 Å². The lowest BCUT2D eigenvalue weighted by molar-refractivity contribution is -0.130. The van der Waals surface area contributed by atoms with E-state index in [0.29, 0.717) is 17.2 Å². The lowest BCUT2D eigenvalue weighted by atomic mass is 10.0. The molecule has 1 aromatic heterocycles. The number of hydrogen-bond acceptors (Lipinski definition) is 5. The smallest absolute Gasteiger partial charge is 0.253 e. The average Bonchev–Trinajstić information content (AvgIpc) is 3.43. The van der Waals surface area contributed by atoms with E-state index in [1.165, 1.54) is 23.7 Å². The van der Waals surface area contributed by atoms with Crippen LogP contribution >= 0.6 is 23.4 Å². The maximum Gasteiger partial charge on any atom is 0.253 e. The van der Waals surface area contributed by atoms with Crippen LogP contribution in [0.2, 0.25) is 5.02 Å². The van der Waals surface area contributed by atoms with Crippen LogP contribution in [-0.4, -0.2) is 28.3 Å². The highest BCUT2D eigenvalue weighted by Crippen LogP contribution is 2.34. The highest BCUT2D eigenvalue weighted by Gasteiger charge is 2.34. The Bertz CT molecular complexity index is 1100. The largest absolute Gasteiger partial charge is 0.467 e. The molecule has 0 fully saturated rings. The first-order valence-electron chi connectivity index (χ1n) is 9.69. The number of nitrogens with zero attached hydrogens (tertiary/aromatic N) is 2. The first kappa shape index (κ1) is 21.2. The number of carbonyl (C=O) groups excluding carboxylic acids is 2. The van der Waals surface area contributed by atoms with Gasteiger partial charge in [0.15, 0.2) is 0 Å². The third-order valence-corrected chi connectivity index (χ3v) is 6.00. The van der Waals surface area contributed by atoms with E-state index in [1.54, 1.807) is 6.26 Å². The van der Waals surface area contributed by atoms with Gasteiger partial charge in [-0.15, -0.1) is 11.8 Å².